The SMILES string of the molecule is Cc1sc2c(c1C)C(c1ccc(Nc3ccc(F)cc3)cc1)=NCc1nnc(C)n1-2. The topological polar surface area (TPSA) is 55.1 Å². The second-order valence-electron chi connectivity index (χ2n) is 7.34. The maximum absolute atomic E-state index is 13.1. The van der Waals surface area contributed by atoms with Crippen LogP contribution in [0.1, 0.15) is 33.2 Å². The number of fused-ring (bicyclic) bond motifs is 3. The number of aliphatic imine (C=N–C) groups is 1. The average Bonchev–Trinajstić information content (AvgIpc) is 3.19. The van der Waals surface area contributed by atoms with E-state index in [-0.39, 0.29) is 5.82 Å². The van der Waals surface area contributed by atoms with Crippen LogP contribution in [0.5, 0.6) is 0 Å². The van der Waals surface area contributed by atoms with Crippen LogP contribution in [-0.2, 0) is 6.54 Å². The molecule has 0 fully saturated rings. The molecule has 4 aromatic rings. The maximum atomic E-state index is 13.1. The van der Waals surface area contributed by atoms with Gasteiger partial charge in [-0.25, -0.2) is 4.39 Å². The van der Waals surface area contributed by atoms with Gasteiger partial charge in [0.05, 0.1) is 5.71 Å². The third kappa shape index (κ3) is 3.11. The van der Waals surface area contributed by atoms with Crippen LogP contribution >= 0.6 is 11.3 Å². The molecular weight excluding hydrogens is 397 g/mol. The summed E-state index contributed by atoms with van der Waals surface area (Å²) in [5, 5.41) is 13.0. The third-order valence-corrected chi connectivity index (χ3v) is 6.56. The van der Waals surface area contributed by atoms with Gasteiger partial charge in [0.2, 0.25) is 0 Å². The molecule has 0 atom stereocenters. The molecule has 5 nitrogen and oxygen atoms in total. The Morgan fingerprint density at radius 1 is 0.933 bits per heavy atom. The van der Waals surface area contributed by atoms with Crippen molar-refractivity contribution in [2.24, 2.45) is 4.99 Å². The van der Waals surface area contributed by atoms with E-state index in [0.717, 1.165) is 44.9 Å². The van der Waals surface area contributed by atoms with Crippen molar-refractivity contribution in [3.63, 3.8) is 0 Å². The highest BCUT2D eigenvalue weighted by Gasteiger charge is 2.26. The Hall–Kier alpha value is -3.32. The van der Waals surface area contributed by atoms with Crippen molar-refractivity contribution in [1.82, 2.24) is 14.8 Å². The van der Waals surface area contributed by atoms with E-state index in [1.54, 1.807) is 23.5 Å². The summed E-state index contributed by atoms with van der Waals surface area (Å²) >= 11 is 1.76. The molecule has 3 heterocycles. The summed E-state index contributed by atoms with van der Waals surface area (Å²) in [5.74, 6) is 1.49. The number of hydrogen-bond acceptors (Lipinski definition) is 5. The van der Waals surface area contributed by atoms with Crippen LogP contribution < -0.4 is 5.32 Å². The molecule has 0 saturated carbocycles. The van der Waals surface area contributed by atoms with Gasteiger partial charge in [0, 0.05) is 27.4 Å². The van der Waals surface area contributed by atoms with Gasteiger partial charge in [0.15, 0.2) is 5.82 Å². The van der Waals surface area contributed by atoms with Crippen LogP contribution in [0.15, 0.2) is 53.5 Å². The normalized spacial score (nSPS) is 12.7. The molecule has 0 bridgehead atoms. The van der Waals surface area contributed by atoms with Crippen LogP contribution in [0.4, 0.5) is 15.8 Å². The summed E-state index contributed by atoms with van der Waals surface area (Å²) in [6, 6.07) is 14.5. The zero-order valence-corrected chi connectivity index (χ0v) is 17.7. The highest BCUT2D eigenvalue weighted by molar-refractivity contribution is 7.15. The molecular formula is C23H20FN5S. The molecule has 0 amide bonds. The summed E-state index contributed by atoms with van der Waals surface area (Å²) in [6.07, 6.45) is 0. The van der Waals surface area contributed by atoms with E-state index in [1.165, 1.54) is 22.6 Å². The fourth-order valence-electron chi connectivity index (χ4n) is 3.69. The first-order chi connectivity index (χ1) is 14.5. The Morgan fingerprint density at radius 2 is 1.60 bits per heavy atom. The minimum Gasteiger partial charge on any atom is -0.356 e. The fourth-order valence-corrected chi connectivity index (χ4v) is 4.92. The Balaban J connectivity index is 1.53. The van der Waals surface area contributed by atoms with Crippen LogP contribution in [0.2, 0.25) is 0 Å². The van der Waals surface area contributed by atoms with Crippen molar-refractivity contribution < 1.29 is 4.39 Å². The van der Waals surface area contributed by atoms with Crippen LogP contribution in [0.25, 0.3) is 5.00 Å². The monoisotopic (exact) mass is 417 g/mol. The average molecular weight is 418 g/mol. The molecule has 30 heavy (non-hydrogen) atoms. The number of rotatable bonds is 3. The first kappa shape index (κ1) is 18.7. The van der Waals surface area contributed by atoms with E-state index in [0.29, 0.717) is 6.54 Å². The van der Waals surface area contributed by atoms with Crippen LogP contribution in [-0.4, -0.2) is 20.5 Å². The number of halogens is 1. The molecule has 1 aliphatic heterocycles. The van der Waals surface area contributed by atoms with E-state index < -0.39 is 0 Å². The van der Waals surface area contributed by atoms with Crippen LogP contribution in [0, 0.1) is 26.6 Å². The molecule has 0 aliphatic carbocycles. The van der Waals surface area contributed by atoms with Crippen molar-refractivity contribution in [3.05, 3.63) is 87.6 Å². The van der Waals surface area contributed by atoms with Gasteiger partial charge < -0.3 is 5.32 Å². The van der Waals surface area contributed by atoms with Gasteiger partial charge in [-0.15, -0.1) is 21.5 Å². The number of aromatic nitrogens is 3. The lowest BCUT2D eigenvalue weighted by atomic mass is 9.99. The van der Waals surface area contributed by atoms with E-state index in [4.69, 9.17) is 4.99 Å². The quantitative estimate of drug-likeness (QED) is 0.480. The maximum Gasteiger partial charge on any atom is 0.160 e. The van der Waals surface area contributed by atoms with Gasteiger partial charge in [-0.3, -0.25) is 9.56 Å². The molecule has 0 radical (unpaired) electrons. The molecule has 0 spiro atoms. The standard InChI is InChI=1S/C23H20FN5S/c1-13-14(2)30-23-21(13)22(25-12-20-28-27-15(3)29(20)23)16-4-8-18(9-5-16)26-19-10-6-17(24)7-11-19/h4-11,26H,12H2,1-3H3. The number of hydrogen-bond donors (Lipinski definition) is 1. The van der Waals surface area contributed by atoms with Gasteiger partial charge in [-0.05, 0) is 62.7 Å². The first-order valence-corrected chi connectivity index (χ1v) is 10.5. The van der Waals surface area contributed by atoms with E-state index in [9.17, 15) is 4.39 Å². The number of benzene rings is 2. The summed E-state index contributed by atoms with van der Waals surface area (Å²) in [6.45, 7) is 6.76. The fraction of sp³-hybridized carbons (Fsp3) is 0.174. The smallest absolute Gasteiger partial charge is 0.160 e. The number of anilines is 2. The van der Waals surface area contributed by atoms with E-state index in [1.807, 2.05) is 19.1 Å². The molecule has 0 unspecified atom stereocenters. The predicted molar refractivity (Wildman–Crippen MR) is 119 cm³/mol. The summed E-state index contributed by atoms with van der Waals surface area (Å²) < 4.78 is 15.2. The number of nitrogens with one attached hydrogen (secondary N) is 1. The highest BCUT2D eigenvalue weighted by Crippen LogP contribution is 2.36. The van der Waals surface area contributed by atoms with Gasteiger partial charge in [-0.1, -0.05) is 12.1 Å². The second-order valence-corrected chi connectivity index (χ2v) is 8.54. The molecule has 1 aliphatic rings. The zero-order valence-electron chi connectivity index (χ0n) is 16.9. The third-order valence-electron chi connectivity index (χ3n) is 5.37. The van der Waals surface area contributed by atoms with Gasteiger partial charge in [0.25, 0.3) is 0 Å². The molecule has 7 heteroatoms. The molecule has 2 aromatic heterocycles. The van der Waals surface area contributed by atoms with Crippen molar-refractivity contribution in [1.29, 1.82) is 0 Å². The Labute approximate surface area is 177 Å². The van der Waals surface area contributed by atoms with Crippen molar-refractivity contribution in [2.75, 3.05) is 5.32 Å². The van der Waals surface area contributed by atoms with Gasteiger partial charge >= 0.3 is 0 Å². The molecule has 1 N–H and O–H groups in total. The van der Waals surface area contributed by atoms with Crippen LogP contribution in [0.3, 0.4) is 0 Å². The minimum absolute atomic E-state index is 0.245. The zero-order chi connectivity index (χ0) is 20.8. The molecule has 150 valence electrons. The minimum atomic E-state index is -0.245. The number of aryl methyl sites for hydroxylation is 2. The largest absolute Gasteiger partial charge is 0.356 e. The predicted octanol–water partition coefficient (Wildman–Crippen LogP) is 5.49. The molecule has 2 aromatic carbocycles. The summed E-state index contributed by atoms with van der Waals surface area (Å²) in [7, 11) is 0. The summed E-state index contributed by atoms with van der Waals surface area (Å²) in [4.78, 5) is 6.19. The first-order valence-electron chi connectivity index (χ1n) is 9.70. The second kappa shape index (κ2) is 7.18. The molecule has 0 saturated heterocycles. The van der Waals surface area contributed by atoms with Gasteiger partial charge in [-0.2, -0.15) is 0 Å². The number of nitrogens with zero attached hydrogens (tertiary/aromatic N) is 4. The summed E-state index contributed by atoms with van der Waals surface area (Å²) in [5.41, 5.74) is 6.20. The Morgan fingerprint density at radius 3 is 2.30 bits per heavy atom. The van der Waals surface area contributed by atoms with Crippen molar-refractivity contribution in [2.45, 2.75) is 27.3 Å². The van der Waals surface area contributed by atoms with Crippen molar-refractivity contribution in [3.8, 4) is 5.00 Å². The van der Waals surface area contributed by atoms with Crippen molar-refractivity contribution >= 4 is 28.4 Å². The Kier molecular flexibility index (Phi) is 4.47. The van der Waals surface area contributed by atoms with Gasteiger partial charge in [0.1, 0.15) is 23.2 Å². The lowest BCUT2D eigenvalue weighted by molar-refractivity contribution is 0.628. The number of thiophene rings is 1. The lowest BCUT2D eigenvalue weighted by Crippen LogP contribution is -2.07. The highest BCUT2D eigenvalue weighted by atomic mass is 32.1. The Bertz CT molecular complexity index is 1270. The molecule has 5 rings (SSSR count). The van der Waals surface area contributed by atoms with E-state index >= 15 is 0 Å². The lowest BCUT2D eigenvalue weighted by Gasteiger charge is -2.11. The van der Waals surface area contributed by atoms with E-state index in [2.05, 4.69) is 46.1 Å².